The Morgan fingerprint density at radius 1 is 1.05 bits per heavy atom. The summed E-state index contributed by atoms with van der Waals surface area (Å²) >= 11 is 0. The lowest BCUT2D eigenvalue weighted by Crippen LogP contribution is -2.15. The van der Waals surface area contributed by atoms with Crippen molar-refractivity contribution in [3.05, 3.63) is 64.7 Å². The second-order valence-electron chi connectivity index (χ2n) is 4.88. The largest absolute Gasteiger partial charge is 0.496 e. The maximum Gasteiger partial charge on any atom is 0.123 e. The molecule has 2 aromatic carbocycles. The van der Waals surface area contributed by atoms with Gasteiger partial charge in [0.15, 0.2) is 0 Å². The Hall–Kier alpha value is -1.80. The number of benzene rings is 2. The molecule has 0 aromatic heterocycles. The average Bonchev–Trinajstić information content (AvgIpc) is 2.44. The van der Waals surface area contributed by atoms with Crippen molar-refractivity contribution in [1.29, 1.82) is 0 Å². The lowest BCUT2D eigenvalue weighted by molar-refractivity contribution is 0.407. The van der Waals surface area contributed by atoms with Crippen molar-refractivity contribution in [3.63, 3.8) is 0 Å². The third kappa shape index (κ3) is 2.79. The minimum Gasteiger partial charge on any atom is -0.496 e. The van der Waals surface area contributed by atoms with Crippen LogP contribution in [0.1, 0.15) is 28.2 Å². The van der Waals surface area contributed by atoms with Gasteiger partial charge >= 0.3 is 0 Å². The lowest BCUT2D eigenvalue weighted by atomic mass is 9.89. The molecule has 0 amide bonds. The molecule has 0 fully saturated rings. The first-order chi connectivity index (χ1) is 9.17. The Morgan fingerprint density at radius 2 is 1.68 bits per heavy atom. The number of rotatable bonds is 4. The molecule has 0 radical (unpaired) electrons. The van der Waals surface area contributed by atoms with Gasteiger partial charge in [-0.1, -0.05) is 36.4 Å². The van der Waals surface area contributed by atoms with Gasteiger partial charge in [-0.2, -0.15) is 0 Å². The molecule has 0 aliphatic rings. The standard InChI is InChI=1S/C17H21NO/c1-12-9-15(17(19-3)10-13(12)2)16(11-18)14-7-5-4-6-8-14/h4-10,16H,11,18H2,1-3H3. The summed E-state index contributed by atoms with van der Waals surface area (Å²) in [6.45, 7) is 4.79. The first kappa shape index (κ1) is 13.6. The van der Waals surface area contributed by atoms with E-state index in [2.05, 4.69) is 38.1 Å². The van der Waals surface area contributed by atoms with E-state index in [1.807, 2.05) is 18.2 Å². The molecule has 1 unspecified atom stereocenters. The van der Waals surface area contributed by atoms with Gasteiger partial charge in [0.1, 0.15) is 5.75 Å². The van der Waals surface area contributed by atoms with Crippen LogP contribution in [-0.4, -0.2) is 13.7 Å². The first-order valence-corrected chi connectivity index (χ1v) is 6.57. The number of hydrogen-bond donors (Lipinski definition) is 1. The third-order valence-electron chi connectivity index (χ3n) is 3.66. The predicted molar refractivity (Wildman–Crippen MR) is 79.8 cm³/mol. The number of ether oxygens (including phenoxy) is 1. The summed E-state index contributed by atoms with van der Waals surface area (Å²) < 4.78 is 5.53. The summed E-state index contributed by atoms with van der Waals surface area (Å²) in [4.78, 5) is 0. The quantitative estimate of drug-likeness (QED) is 0.908. The predicted octanol–water partition coefficient (Wildman–Crippen LogP) is 3.40. The molecule has 2 aromatic rings. The van der Waals surface area contributed by atoms with Crippen LogP contribution in [0.15, 0.2) is 42.5 Å². The molecule has 2 N–H and O–H groups in total. The van der Waals surface area contributed by atoms with Gasteiger partial charge in [0, 0.05) is 18.0 Å². The molecule has 2 rings (SSSR count). The van der Waals surface area contributed by atoms with Crippen LogP contribution < -0.4 is 10.5 Å². The van der Waals surface area contributed by atoms with E-state index in [1.54, 1.807) is 7.11 Å². The minimum atomic E-state index is 0.176. The van der Waals surface area contributed by atoms with Crippen LogP contribution >= 0.6 is 0 Å². The Kier molecular flexibility index (Phi) is 4.23. The van der Waals surface area contributed by atoms with E-state index in [0.29, 0.717) is 6.54 Å². The van der Waals surface area contributed by atoms with Crippen molar-refractivity contribution in [1.82, 2.24) is 0 Å². The normalized spacial score (nSPS) is 12.2. The topological polar surface area (TPSA) is 35.2 Å². The third-order valence-corrected chi connectivity index (χ3v) is 3.66. The number of aryl methyl sites for hydroxylation is 2. The van der Waals surface area contributed by atoms with Crippen molar-refractivity contribution in [3.8, 4) is 5.75 Å². The summed E-state index contributed by atoms with van der Waals surface area (Å²) in [6, 6.07) is 14.6. The van der Waals surface area contributed by atoms with Crippen molar-refractivity contribution in [2.45, 2.75) is 19.8 Å². The molecule has 0 aliphatic heterocycles. The zero-order chi connectivity index (χ0) is 13.8. The van der Waals surface area contributed by atoms with Crippen molar-refractivity contribution in [2.75, 3.05) is 13.7 Å². The van der Waals surface area contributed by atoms with Crippen LogP contribution in [0.25, 0.3) is 0 Å². The van der Waals surface area contributed by atoms with Crippen LogP contribution in [0.4, 0.5) is 0 Å². The number of hydrogen-bond acceptors (Lipinski definition) is 2. The Balaban J connectivity index is 2.52. The summed E-state index contributed by atoms with van der Waals surface area (Å²) in [5.41, 5.74) is 10.9. The molecule has 0 heterocycles. The van der Waals surface area contributed by atoms with E-state index in [0.717, 1.165) is 5.75 Å². The fraction of sp³-hybridized carbons (Fsp3) is 0.294. The molecule has 0 spiro atoms. The summed E-state index contributed by atoms with van der Waals surface area (Å²) in [7, 11) is 1.71. The van der Waals surface area contributed by atoms with Crippen LogP contribution in [0.3, 0.4) is 0 Å². The maximum absolute atomic E-state index is 5.99. The average molecular weight is 255 g/mol. The van der Waals surface area contributed by atoms with Crippen LogP contribution in [0, 0.1) is 13.8 Å². The van der Waals surface area contributed by atoms with Crippen molar-refractivity contribution >= 4 is 0 Å². The van der Waals surface area contributed by atoms with E-state index in [-0.39, 0.29) is 5.92 Å². The van der Waals surface area contributed by atoms with Gasteiger partial charge < -0.3 is 10.5 Å². The van der Waals surface area contributed by atoms with Crippen molar-refractivity contribution < 1.29 is 4.74 Å². The zero-order valence-electron chi connectivity index (χ0n) is 11.8. The smallest absolute Gasteiger partial charge is 0.123 e. The van der Waals surface area contributed by atoms with Crippen LogP contribution in [0.5, 0.6) is 5.75 Å². The molecular weight excluding hydrogens is 234 g/mol. The van der Waals surface area contributed by atoms with E-state index >= 15 is 0 Å². The van der Waals surface area contributed by atoms with E-state index in [4.69, 9.17) is 10.5 Å². The maximum atomic E-state index is 5.99. The summed E-state index contributed by atoms with van der Waals surface area (Å²) in [5.74, 6) is 1.10. The second kappa shape index (κ2) is 5.89. The Labute approximate surface area is 115 Å². The fourth-order valence-corrected chi connectivity index (χ4v) is 2.39. The molecule has 1 atom stereocenters. The lowest BCUT2D eigenvalue weighted by Gasteiger charge is -2.20. The minimum absolute atomic E-state index is 0.176. The highest BCUT2D eigenvalue weighted by molar-refractivity contribution is 5.47. The molecule has 19 heavy (non-hydrogen) atoms. The fourth-order valence-electron chi connectivity index (χ4n) is 2.39. The van der Waals surface area contributed by atoms with E-state index in [1.165, 1.54) is 22.3 Å². The molecule has 100 valence electrons. The van der Waals surface area contributed by atoms with Gasteiger partial charge in [-0.3, -0.25) is 0 Å². The molecular formula is C17H21NO. The highest BCUT2D eigenvalue weighted by Gasteiger charge is 2.17. The first-order valence-electron chi connectivity index (χ1n) is 6.57. The second-order valence-corrected chi connectivity index (χ2v) is 4.88. The number of methoxy groups -OCH3 is 1. The monoisotopic (exact) mass is 255 g/mol. The molecule has 2 nitrogen and oxygen atoms in total. The van der Waals surface area contributed by atoms with Crippen molar-refractivity contribution in [2.24, 2.45) is 5.73 Å². The summed E-state index contributed by atoms with van der Waals surface area (Å²) in [6.07, 6.45) is 0. The molecule has 2 heteroatoms. The molecule has 0 saturated carbocycles. The van der Waals surface area contributed by atoms with Gasteiger partial charge in [0.05, 0.1) is 7.11 Å². The highest BCUT2D eigenvalue weighted by atomic mass is 16.5. The molecule has 0 saturated heterocycles. The molecule has 0 bridgehead atoms. The van der Waals surface area contributed by atoms with E-state index in [9.17, 15) is 0 Å². The zero-order valence-corrected chi connectivity index (χ0v) is 11.8. The number of nitrogens with two attached hydrogens (primary N) is 1. The van der Waals surface area contributed by atoms with Gasteiger partial charge in [-0.25, -0.2) is 0 Å². The Morgan fingerprint density at radius 3 is 2.26 bits per heavy atom. The van der Waals surface area contributed by atoms with Crippen LogP contribution in [0.2, 0.25) is 0 Å². The van der Waals surface area contributed by atoms with Gasteiger partial charge in [0.2, 0.25) is 0 Å². The van der Waals surface area contributed by atoms with Gasteiger partial charge in [0.25, 0.3) is 0 Å². The SMILES string of the molecule is COc1cc(C)c(C)cc1C(CN)c1ccccc1. The highest BCUT2D eigenvalue weighted by Crippen LogP contribution is 2.33. The van der Waals surface area contributed by atoms with Gasteiger partial charge in [-0.05, 0) is 36.6 Å². The van der Waals surface area contributed by atoms with Gasteiger partial charge in [-0.15, -0.1) is 0 Å². The summed E-state index contributed by atoms with van der Waals surface area (Å²) in [5, 5.41) is 0. The molecule has 0 aliphatic carbocycles. The Bertz CT molecular complexity index is 549. The van der Waals surface area contributed by atoms with E-state index < -0.39 is 0 Å². The van der Waals surface area contributed by atoms with Crippen LogP contribution in [-0.2, 0) is 0 Å².